The predicted molar refractivity (Wildman–Crippen MR) is 69.8 cm³/mol. The fraction of sp³-hybridized carbons (Fsp3) is 0.833. The van der Waals surface area contributed by atoms with Crippen LogP contribution in [0.4, 0.5) is 0 Å². The molecule has 0 spiro atoms. The van der Waals surface area contributed by atoms with Crippen LogP contribution in [0.2, 0.25) is 0 Å². The summed E-state index contributed by atoms with van der Waals surface area (Å²) in [6.45, 7) is 10.5. The zero-order valence-corrected chi connectivity index (χ0v) is 11.5. The molecule has 0 bridgehead atoms. The second-order valence-corrected chi connectivity index (χ2v) is 8.08. The van der Waals surface area contributed by atoms with Crippen molar-refractivity contribution in [1.82, 2.24) is 4.90 Å². The van der Waals surface area contributed by atoms with Gasteiger partial charge in [0.2, 0.25) is 0 Å². The Balaban J connectivity index is 3.88. The van der Waals surface area contributed by atoms with Crippen molar-refractivity contribution >= 4 is 7.92 Å². The van der Waals surface area contributed by atoms with Crippen LogP contribution in [0.15, 0.2) is 12.2 Å². The topological polar surface area (TPSA) is 3.24 Å². The summed E-state index contributed by atoms with van der Waals surface area (Å²) in [6, 6.07) is 0. The minimum Gasteiger partial charge on any atom is -0.306 e. The highest BCUT2D eigenvalue weighted by Crippen LogP contribution is 2.45. The average molecular weight is 215 g/mol. The molecule has 1 nitrogen and oxygen atoms in total. The molecule has 0 saturated heterocycles. The van der Waals surface area contributed by atoms with E-state index in [9.17, 15) is 0 Å². The smallest absolute Gasteiger partial charge is 0.0157 e. The molecule has 84 valence electrons. The lowest BCUT2D eigenvalue weighted by Crippen LogP contribution is -2.11. The first-order valence-corrected chi connectivity index (χ1v) is 7.17. The molecule has 0 aromatic heterocycles. The van der Waals surface area contributed by atoms with Crippen LogP contribution in [-0.2, 0) is 0 Å². The Morgan fingerprint density at radius 1 is 1.00 bits per heavy atom. The van der Waals surface area contributed by atoms with Gasteiger partial charge in [-0.25, -0.2) is 0 Å². The summed E-state index contributed by atoms with van der Waals surface area (Å²) in [7, 11) is 4.40. The van der Waals surface area contributed by atoms with Crippen LogP contribution < -0.4 is 0 Å². The monoisotopic (exact) mass is 215 g/mol. The molecular weight excluding hydrogens is 189 g/mol. The van der Waals surface area contributed by atoms with Crippen LogP contribution in [-0.4, -0.2) is 43.0 Å². The molecule has 0 amide bonds. The lowest BCUT2D eigenvalue weighted by atomic mass is 10.5. The molecular formula is C12H26NP. The van der Waals surface area contributed by atoms with Gasteiger partial charge in [-0.3, -0.25) is 0 Å². The molecule has 0 aliphatic heterocycles. The van der Waals surface area contributed by atoms with Crippen molar-refractivity contribution in [2.24, 2.45) is 0 Å². The lowest BCUT2D eigenvalue weighted by Gasteiger charge is -2.24. The number of hydrogen-bond acceptors (Lipinski definition) is 1. The zero-order valence-electron chi connectivity index (χ0n) is 10.6. The molecule has 0 aliphatic rings. The molecule has 0 N–H and O–H groups in total. The van der Waals surface area contributed by atoms with Crippen LogP contribution in [0.3, 0.4) is 0 Å². The van der Waals surface area contributed by atoms with E-state index in [1.54, 1.807) is 0 Å². The van der Waals surface area contributed by atoms with Gasteiger partial charge in [-0.1, -0.05) is 47.8 Å². The molecule has 0 radical (unpaired) electrons. The zero-order chi connectivity index (χ0) is 11.1. The van der Waals surface area contributed by atoms with Gasteiger partial charge in [-0.05, 0) is 31.6 Å². The molecule has 0 aromatic carbocycles. The number of likely N-dealkylation sites (N-methyl/N-ethyl adjacent to an activating group) is 1. The van der Waals surface area contributed by atoms with E-state index in [2.05, 4.69) is 58.8 Å². The number of rotatable bonds is 6. The van der Waals surface area contributed by atoms with E-state index in [-0.39, 0.29) is 7.92 Å². The van der Waals surface area contributed by atoms with E-state index in [1.165, 1.54) is 6.16 Å². The van der Waals surface area contributed by atoms with Crippen molar-refractivity contribution in [3.63, 3.8) is 0 Å². The molecule has 0 heterocycles. The van der Waals surface area contributed by atoms with Gasteiger partial charge in [0, 0.05) is 6.54 Å². The maximum atomic E-state index is 2.37. The summed E-state index contributed by atoms with van der Waals surface area (Å²) in [5.74, 6) is 0. The summed E-state index contributed by atoms with van der Waals surface area (Å²) in [5.41, 5.74) is 1.71. The summed E-state index contributed by atoms with van der Waals surface area (Å²) in [6.07, 6.45) is 5.95. The maximum absolute atomic E-state index is 2.37. The largest absolute Gasteiger partial charge is 0.306 e. The first kappa shape index (κ1) is 14.1. The number of hydrogen-bond donors (Lipinski definition) is 0. The van der Waals surface area contributed by atoms with E-state index >= 15 is 0 Å². The first-order valence-electron chi connectivity index (χ1n) is 5.50. The maximum Gasteiger partial charge on any atom is 0.0157 e. The third kappa shape index (κ3) is 6.56. The molecule has 2 heteroatoms. The number of allylic oxidation sites excluding steroid dienone is 1. The summed E-state index contributed by atoms with van der Waals surface area (Å²) in [4.78, 5) is 2.20. The molecule has 0 atom stereocenters. The molecule has 0 saturated carbocycles. The van der Waals surface area contributed by atoms with Crippen LogP contribution in [0.25, 0.3) is 0 Å². The molecule has 0 unspecified atom stereocenters. The van der Waals surface area contributed by atoms with E-state index in [1.807, 2.05) is 0 Å². The van der Waals surface area contributed by atoms with Crippen molar-refractivity contribution in [2.45, 2.75) is 39.0 Å². The highest BCUT2D eigenvalue weighted by Gasteiger charge is 2.14. The van der Waals surface area contributed by atoms with Gasteiger partial charge < -0.3 is 4.90 Å². The van der Waals surface area contributed by atoms with E-state index in [0.717, 1.165) is 17.9 Å². The Morgan fingerprint density at radius 3 is 1.86 bits per heavy atom. The molecule has 0 aromatic rings. The van der Waals surface area contributed by atoms with Crippen LogP contribution in [0.5, 0.6) is 0 Å². The molecule has 14 heavy (non-hydrogen) atoms. The normalized spacial score (nSPS) is 13.0. The lowest BCUT2D eigenvalue weighted by molar-refractivity contribution is 0.456. The van der Waals surface area contributed by atoms with Gasteiger partial charge in [-0.15, -0.1) is 0 Å². The van der Waals surface area contributed by atoms with Gasteiger partial charge in [0.15, 0.2) is 0 Å². The third-order valence-electron chi connectivity index (χ3n) is 2.28. The minimum atomic E-state index is 0.185. The van der Waals surface area contributed by atoms with Crippen molar-refractivity contribution < 1.29 is 0 Å². The summed E-state index contributed by atoms with van der Waals surface area (Å²) < 4.78 is 0. The van der Waals surface area contributed by atoms with Gasteiger partial charge in [0.1, 0.15) is 0 Å². The summed E-state index contributed by atoms with van der Waals surface area (Å²) in [5, 5.41) is 0. The second-order valence-electron chi connectivity index (χ2n) is 4.62. The Labute approximate surface area is 91.3 Å². The van der Waals surface area contributed by atoms with Crippen molar-refractivity contribution in [3.05, 3.63) is 12.2 Å². The van der Waals surface area contributed by atoms with Crippen molar-refractivity contribution in [3.8, 4) is 0 Å². The highest BCUT2D eigenvalue weighted by atomic mass is 31.1. The minimum absolute atomic E-state index is 0.185. The van der Waals surface area contributed by atoms with Crippen LogP contribution in [0, 0.1) is 0 Å². The number of nitrogens with zero attached hydrogens (tertiary/aromatic N) is 1. The van der Waals surface area contributed by atoms with Crippen molar-refractivity contribution in [1.29, 1.82) is 0 Å². The fourth-order valence-electron chi connectivity index (χ4n) is 1.50. The standard InChI is InChI=1S/C12H26NP/c1-11(2)14(12(3)4)10-8-7-9-13(5)6/h7-8,11-12H,9-10H2,1-6H3. The Kier molecular flexibility index (Phi) is 7.49. The average Bonchev–Trinajstić information content (AvgIpc) is 2.01. The van der Waals surface area contributed by atoms with Gasteiger partial charge in [0.05, 0.1) is 0 Å². The molecule has 0 rings (SSSR count). The van der Waals surface area contributed by atoms with Crippen LogP contribution >= 0.6 is 7.92 Å². The first-order chi connectivity index (χ1) is 6.45. The van der Waals surface area contributed by atoms with Gasteiger partial charge in [-0.2, -0.15) is 0 Å². The molecule has 0 aliphatic carbocycles. The summed E-state index contributed by atoms with van der Waals surface area (Å²) >= 11 is 0. The fourth-order valence-corrected chi connectivity index (χ4v) is 3.93. The van der Waals surface area contributed by atoms with Gasteiger partial charge >= 0.3 is 0 Å². The second kappa shape index (κ2) is 7.43. The Hall–Kier alpha value is 0.130. The van der Waals surface area contributed by atoms with Crippen LogP contribution in [0.1, 0.15) is 27.7 Å². The Bertz CT molecular complexity index is 154. The Morgan fingerprint density at radius 2 is 1.50 bits per heavy atom. The SMILES string of the molecule is CC(C)P(CC=CCN(C)C)C(C)C. The quantitative estimate of drug-likeness (QED) is 0.485. The van der Waals surface area contributed by atoms with Gasteiger partial charge in [0.25, 0.3) is 0 Å². The molecule has 0 fully saturated rings. The van der Waals surface area contributed by atoms with E-state index in [0.29, 0.717) is 0 Å². The van der Waals surface area contributed by atoms with E-state index < -0.39 is 0 Å². The third-order valence-corrected chi connectivity index (χ3v) is 5.57. The highest BCUT2D eigenvalue weighted by molar-refractivity contribution is 7.59. The predicted octanol–water partition coefficient (Wildman–Crippen LogP) is 3.40. The van der Waals surface area contributed by atoms with Crippen molar-refractivity contribution in [2.75, 3.05) is 26.8 Å². The van der Waals surface area contributed by atoms with E-state index in [4.69, 9.17) is 0 Å².